The van der Waals surface area contributed by atoms with Crippen LogP contribution in [0, 0.1) is 0 Å². The molecule has 26 heavy (non-hydrogen) atoms. The van der Waals surface area contributed by atoms with Crippen molar-refractivity contribution < 1.29 is 4.42 Å². The highest BCUT2D eigenvalue weighted by atomic mass is 16.3. The number of furan rings is 1. The van der Waals surface area contributed by atoms with Crippen LogP contribution in [0.5, 0.6) is 0 Å². The first-order valence-corrected chi connectivity index (χ1v) is 11.3. The van der Waals surface area contributed by atoms with Gasteiger partial charge in [-0.3, -0.25) is 0 Å². The van der Waals surface area contributed by atoms with Gasteiger partial charge in [0.2, 0.25) is 0 Å². The van der Waals surface area contributed by atoms with Crippen LogP contribution in [0.15, 0.2) is 41.0 Å². The smallest absolute Gasteiger partial charge is 0.126 e. The average molecular weight is 359 g/mol. The van der Waals surface area contributed by atoms with Crippen LogP contribution in [0.2, 0.25) is 0 Å². The van der Waals surface area contributed by atoms with Crippen molar-refractivity contribution in [3.05, 3.63) is 42.4 Å². The predicted molar refractivity (Wildman–Crippen MR) is 116 cm³/mol. The molecule has 1 rings (SSSR count). The Hall–Kier alpha value is -1.24. The maximum Gasteiger partial charge on any atom is 0.126 e. The molecule has 0 aromatic carbocycles. The Labute approximate surface area is 163 Å². The molecule has 1 aromatic rings. The Morgan fingerprint density at radius 1 is 0.654 bits per heavy atom. The molecule has 148 valence electrons. The van der Waals surface area contributed by atoms with Crippen molar-refractivity contribution in [2.75, 3.05) is 0 Å². The lowest BCUT2D eigenvalue weighted by atomic mass is 10.1. The normalized spacial score (nSPS) is 11.9. The van der Waals surface area contributed by atoms with Gasteiger partial charge in [0, 0.05) is 0 Å². The lowest BCUT2D eigenvalue weighted by Gasteiger charge is -2.00. The fourth-order valence-electron chi connectivity index (χ4n) is 3.27. The first-order chi connectivity index (χ1) is 12.9. The molecule has 0 spiro atoms. The summed E-state index contributed by atoms with van der Waals surface area (Å²) in [5.74, 6) is 0.964. The highest BCUT2D eigenvalue weighted by Crippen LogP contribution is 2.12. The largest absolute Gasteiger partial charge is 0.465 e. The fraction of sp³-hybridized carbons (Fsp3) is 0.680. The molecule has 1 nitrogen and oxygen atoms in total. The van der Waals surface area contributed by atoms with Crippen LogP contribution < -0.4 is 0 Å². The van der Waals surface area contributed by atoms with Gasteiger partial charge >= 0.3 is 0 Å². The zero-order valence-corrected chi connectivity index (χ0v) is 17.3. The summed E-state index contributed by atoms with van der Waals surface area (Å²) in [6.07, 6.45) is 32.7. The highest BCUT2D eigenvalue weighted by Gasteiger charge is 1.92. The quantitative estimate of drug-likeness (QED) is 0.188. The predicted octanol–water partition coefficient (Wildman–Crippen LogP) is 9.11. The van der Waals surface area contributed by atoms with Gasteiger partial charge in [-0.25, -0.2) is 0 Å². The summed E-state index contributed by atoms with van der Waals surface area (Å²) < 4.78 is 5.28. The van der Waals surface area contributed by atoms with Gasteiger partial charge in [0.25, 0.3) is 0 Å². The van der Waals surface area contributed by atoms with E-state index in [-0.39, 0.29) is 0 Å². The zero-order valence-electron chi connectivity index (χ0n) is 17.3. The van der Waals surface area contributed by atoms with E-state index in [4.69, 9.17) is 4.42 Å². The number of hydrogen-bond donors (Lipinski definition) is 0. The van der Waals surface area contributed by atoms with Crippen LogP contribution in [-0.2, 0) is 0 Å². The van der Waals surface area contributed by atoms with Gasteiger partial charge in [0.05, 0.1) is 6.26 Å². The summed E-state index contributed by atoms with van der Waals surface area (Å²) in [6, 6.07) is 3.94. The molecule has 0 fully saturated rings. The number of allylic oxidation sites excluding steroid dienone is 3. The van der Waals surface area contributed by atoms with Gasteiger partial charge in [-0.15, -0.1) is 0 Å². The first-order valence-electron chi connectivity index (χ1n) is 11.3. The lowest BCUT2D eigenvalue weighted by Crippen LogP contribution is -1.80. The van der Waals surface area contributed by atoms with Crippen molar-refractivity contribution in [3.8, 4) is 0 Å². The first kappa shape index (κ1) is 22.8. The minimum Gasteiger partial charge on any atom is -0.465 e. The van der Waals surface area contributed by atoms with Crippen molar-refractivity contribution in [2.45, 2.75) is 110 Å². The molecule has 0 atom stereocenters. The summed E-state index contributed by atoms with van der Waals surface area (Å²) in [5, 5.41) is 0. The lowest BCUT2D eigenvalue weighted by molar-refractivity contribution is 0.556. The Morgan fingerprint density at radius 2 is 1.15 bits per heavy atom. The highest BCUT2D eigenvalue weighted by molar-refractivity contribution is 5.41. The maximum absolute atomic E-state index is 5.28. The third-order valence-corrected chi connectivity index (χ3v) is 4.96. The molecule has 0 aliphatic heterocycles. The molecular weight excluding hydrogens is 316 g/mol. The molecule has 1 heteroatoms. The zero-order chi connectivity index (χ0) is 18.5. The summed E-state index contributed by atoms with van der Waals surface area (Å²) in [6.45, 7) is 2.28. The molecule has 0 unspecified atom stereocenters. The number of hydrogen-bond acceptors (Lipinski definition) is 1. The van der Waals surface area contributed by atoms with E-state index in [1.165, 1.54) is 103 Å². The van der Waals surface area contributed by atoms with Gasteiger partial charge in [-0.2, -0.15) is 0 Å². The molecule has 1 aromatic heterocycles. The molecule has 0 saturated heterocycles. The molecule has 0 radical (unpaired) electrons. The van der Waals surface area contributed by atoms with Crippen molar-refractivity contribution in [2.24, 2.45) is 0 Å². The molecule has 0 N–H and O–H groups in total. The molecule has 0 bridgehead atoms. The van der Waals surface area contributed by atoms with Crippen molar-refractivity contribution in [1.82, 2.24) is 0 Å². The second-order valence-electron chi connectivity index (χ2n) is 7.50. The molecular formula is C25H42O. The Balaban J connectivity index is 1.73. The van der Waals surface area contributed by atoms with Crippen molar-refractivity contribution in [1.29, 1.82) is 0 Å². The second-order valence-corrected chi connectivity index (χ2v) is 7.50. The average Bonchev–Trinajstić information content (AvgIpc) is 3.17. The van der Waals surface area contributed by atoms with E-state index in [9.17, 15) is 0 Å². The maximum atomic E-state index is 5.28. The number of rotatable bonds is 18. The third kappa shape index (κ3) is 15.0. The van der Waals surface area contributed by atoms with E-state index in [1.54, 1.807) is 6.26 Å². The van der Waals surface area contributed by atoms with E-state index in [1.807, 2.05) is 12.1 Å². The summed E-state index contributed by atoms with van der Waals surface area (Å²) in [4.78, 5) is 0. The third-order valence-electron chi connectivity index (χ3n) is 4.96. The van der Waals surface area contributed by atoms with Crippen LogP contribution in [0.1, 0.15) is 115 Å². The van der Waals surface area contributed by atoms with E-state index < -0.39 is 0 Å². The molecule has 0 aliphatic carbocycles. The molecule has 1 heterocycles. The van der Waals surface area contributed by atoms with Crippen molar-refractivity contribution in [3.63, 3.8) is 0 Å². The summed E-state index contributed by atoms with van der Waals surface area (Å²) in [7, 11) is 0. The monoisotopic (exact) mass is 358 g/mol. The minimum absolute atomic E-state index is 0.964. The van der Waals surface area contributed by atoms with Crippen LogP contribution in [0.25, 0.3) is 6.08 Å². The van der Waals surface area contributed by atoms with Gasteiger partial charge in [-0.1, -0.05) is 89.4 Å². The number of unbranched alkanes of at least 4 members (excludes halogenated alkanes) is 14. The van der Waals surface area contributed by atoms with Crippen LogP contribution >= 0.6 is 0 Å². The van der Waals surface area contributed by atoms with E-state index in [0.717, 1.165) is 5.76 Å². The molecule has 0 saturated carbocycles. The van der Waals surface area contributed by atoms with Crippen LogP contribution in [0.4, 0.5) is 0 Å². The Morgan fingerprint density at radius 3 is 1.65 bits per heavy atom. The van der Waals surface area contributed by atoms with Gasteiger partial charge in [0.1, 0.15) is 5.76 Å². The van der Waals surface area contributed by atoms with Gasteiger partial charge < -0.3 is 4.42 Å². The minimum atomic E-state index is 0.964. The summed E-state index contributed by atoms with van der Waals surface area (Å²) >= 11 is 0. The SMILES string of the molecule is CCCCCCCCC=CCCCCCCCCCC=Cc1ccco1. The van der Waals surface area contributed by atoms with E-state index >= 15 is 0 Å². The molecule has 0 amide bonds. The van der Waals surface area contributed by atoms with E-state index in [2.05, 4.69) is 31.2 Å². The van der Waals surface area contributed by atoms with Gasteiger partial charge in [0.15, 0.2) is 0 Å². The Bertz CT molecular complexity index is 427. The van der Waals surface area contributed by atoms with Gasteiger partial charge in [-0.05, 0) is 56.7 Å². The topological polar surface area (TPSA) is 13.1 Å². The molecule has 0 aliphatic rings. The summed E-state index contributed by atoms with van der Waals surface area (Å²) in [5.41, 5.74) is 0. The fourth-order valence-corrected chi connectivity index (χ4v) is 3.27. The van der Waals surface area contributed by atoms with E-state index in [0.29, 0.717) is 0 Å². The standard InChI is InChI=1S/C25H42O/c1-2-3-4-5-6-7-8-9-10-11-12-13-14-15-16-17-18-19-20-22-25-23-21-24-26-25/h9-10,20-24H,2-8,11-19H2,1H3. The van der Waals surface area contributed by atoms with Crippen LogP contribution in [0.3, 0.4) is 0 Å². The second kappa shape index (κ2) is 18.5. The Kier molecular flexibility index (Phi) is 16.3. The van der Waals surface area contributed by atoms with Crippen molar-refractivity contribution >= 4 is 6.08 Å². The van der Waals surface area contributed by atoms with Crippen LogP contribution in [-0.4, -0.2) is 0 Å².